The zero-order valence-electron chi connectivity index (χ0n) is 11.4. The predicted molar refractivity (Wildman–Crippen MR) is 78.0 cm³/mol. The normalized spacial score (nSPS) is 12.3. The number of halogens is 1. The van der Waals surface area contributed by atoms with Crippen molar-refractivity contribution in [2.24, 2.45) is 11.1 Å². The molecule has 1 rings (SSSR count). The van der Waals surface area contributed by atoms with E-state index < -0.39 is 11.0 Å². The van der Waals surface area contributed by atoms with Crippen LogP contribution in [0.25, 0.3) is 0 Å². The molecule has 18 heavy (non-hydrogen) atoms. The van der Waals surface area contributed by atoms with E-state index in [2.05, 4.69) is 21.2 Å². The van der Waals surface area contributed by atoms with Crippen LogP contribution in [0.5, 0.6) is 0 Å². The van der Waals surface area contributed by atoms with Crippen molar-refractivity contribution in [3.63, 3.8) is 0 Å². The molecule has 0 aromatic heterocycles. The zero-order chi connectivity index (χ0) is 14.0. The van der Waals surface area contributed by atoms with E-state index in [0.29, 0.717) is 6.54 Å². The van der Waals surface area contributed by atoms with Crippen molar-refractivity contribution in [3.8, 4) is 0 Å². The number of hydrogen-bond donors (Lipinski definition) is 2. The fourth-order valence-electron chi connectivity index (χ4n) is 1.34. The molecule has 0 aliphatic heterocycles. The molecule has 0 fully saturated rings. The molecule has 100 valence electrons. The van der Waals surface area contributed by atoms with Crippen molar-refractivity contribution >= 4 is 21.8 Å². The van der Waals surface area contributed by atoms with E-state index in [1.807, 2.05) is 52.0 Å². The summed E-state index contributed by atoms with van der Waals surface area (Å²) in [6.45, 7) is 7.97. The summed E-state index contributed by atoms with van der Waals surface area (Å²) in [7, 11) is 0. The number of rotatable bonds is 4. The van der Waals surface area contributed by atoms with Gasteiger partial charge in [0.1, 0.15) is 0 Å². The highest BCUT2D eigenvalue weighted by Gasteiger charge is 2.40. The molecule has 1 amide bonds. The van der Waals surface area contributed by atoms with Gasteiger partial charge >= 0.3 is 0 Å². The topological polar surface area (TPSA) is 55.1 Å². The van der Waals surface area contributed by atoms with Crippen LogP contribution in [0.15, 0.2) is 28.7 Å². The molecular formula is C14H21BrN2O. The maximum atomic E-state index is 12.2. The second-order valence-corrected chi connectivity index (χ2v) is 6.57. The minimum atomic E-state index is -0.612. The van der Waals surface area contributed by atoms with Crippen LogP contribution in [0.2, 0.25) is 0 Å². The van der Waals surface area contributed by atoms with Crippen LogP contribution in [0.3, 0.4) is 0 Å². The van der Waals surface area contributed by atoms with Crippen LogP contribution in [-0.4, -0.2) is 11.4 Å². The maximum absolute atomic E-state index is 12.2. The van der Waals surface area contributed by atoms with Gasteiger partial charge < -0.3 is 11.1 Å². The van der Waals surface area contributed by atoms with Gasteiger partial charge in [0, 0.05) is 16.6 Å². The molecule has 0 bridgehead atoms. The van der Waals surface area contributed by atoms with E-state index in [9.17, 15) is 4.79 Å². The Morgan fingerprint density at radius 1 is 1.33 bits per heavy atom. The zero-order valence-corrected chi connectivity index (χ0v) is 13.0. The van der Waals surface area contributed by atoms with Gasteiger partial charge in [-0.1, -0.05) is 28.1 Å². The molecule has 0 aliphatic rings. The lowest BCUT2D eigenvalue weighted by Crippen LogP contribution is -2.55. The van der Waals surface area contributed by atoms with Crippen molar-refractivity contribution in [2.75, 3.05) is 0 Å². The molecule has 0 aliphatic carbocycles. The number of hydrogen-bond acceptors (Lipinski definition) is 2. The van der Waals surface area contributed by atoms with Gasteiger partial charge in [0.15, 0.2) is 0 Å². The molecule has 0 atom stereocenters. The first-order chi connectivity index (χ1) is 8.14. The fourth-order valence-corrected chi connectivity index (χ4v) is 1.79. The Kier molecular flexibility index (Phi) is 4.56. The molecule has 0 saturated carbocycles. The highest BCUT2D eigenvalue weighted by Crippen LogP contribution is 2.28. The highest BCUT2D eigenvalue weighted by atomic mass is 79.9. The SMILES string of the molecule is CC(C)(N)C(C)(C)C(=O)NCc1cccc(Br)c1. The standard InChI is InChI=1S/C14H21BrN2O/c1-13(2,14(3,4)16)12(18)17-9-10-6-5-7-11(15)8-10/h5-8H,9,16H2,1-4H3,(H,17,18). The summed E-state index contributed by atoms with van der Waals surface area (Å²) in [6.07, 6.45) is 0. The largest absolute Gasteiger partial charge is 0.352 e. The summed E-state index contributed by atoms with van der Waals surface area (Å²) in [5.41, 5.74) is 5.92. The minimum Gasteiger partial charge on any atom is -0.352 e. The fraction of sp³-hybridized carbons (Fsp3) is 0.500. The van der Waals surface area contributed by atoms with Crippen LogP contribution in [0, 0.1) is 5.41 Å². The van der Waals surface area contributed by atoms with Gasteiger partial charge in [-0.3, -0.25) is 4.79 Å². The summed E-state index contributed by atoms with van der Waals surface area (Å²) in [6, 6.07) is 7.87. The monoisotopic (exact) mass is 312 g/mol. The lowest BCUT2D eigenvalue weighted by Gasteiger charge is -2.36. The Morgan fingerprint density at radius 3 is 2.44 bits per heavy atom. The Morgan fingerprint density at radius 2 is 1.94 bits per heavy atom. The third kappa shape index (κ3) is 3.56. The van der Waals surface area contributed by atoms with Crippen molar-refractivity contribution in [1.29, 1.82) is 0 Å². The molecule has 3 N–H and O–H groups in total. The number of amides is 1. The summed E-state index contributed by atoms with van der Waals surface area (Å²) in [4.78, 5) is 12.2. The molecule has 0 saturated heterocycles. The van der Waals surface area contributed by atoms with E-state index in [4.69, 9.17) is 5.73 Å². The predicted octanol–water partition coefficient (Wildman–Crippen LogP) is 2.83. The maximum Gasteiger partial charge on any atom is 0.227 e. The Hall–Kier alpha value is -0.870. The molecule has 1 aromatic carbocycles. The van der Waals surface area contributed by atoms with E-state index in [0.717, 1.165) is 10.0 Å². The molecule has 4 heteroatoms. The Bertz CT molecular complexity index is 436. The number of carbonyl (C=O) groups excluding carboxylic acids is 1. The summed E-state index contributed by atoms with van der Waals surface area (Å²) >= 11 is 3.41. The molecule has 0 heterocycles. The van der Waals surface area contributed by atoms with Gasteiger partial charge in [0.05, 0.1) is 5.41 Å². The molecule has 0 radical (unpaired) electrons. The summed E-state index contributed by atoms with van der Waals surface area (Å²) in [5, 5.41) is 2.93. The van der Waals surface area contributed by atoms with Gasteiger partial charge in [0.2, 0.25) is 5.91 Å². The molecule has 0 spiro atoms. The second-order valence-electron chi connectivity index (χ2n) is 5.66. The van der Waals surface area contributed by atoms with Crippen LogP contribution < -0.4 is 11.1 Å². The lowest BCUT2D eigenvalue weighted by molar-refractivity contribution is -0.132. The van der Waals surface area contributed by atoms with E-state index >= 15 is 0 Å². The first-order valence-electron chi connectivity index (χ1n) is 5.96. The summed E-state index contributed by atoms with van der Waals surface area (Å²) in [5.74, 6) is -0.0324. The van der Waals surface area contributed by atoms with E-state index in [-0.39, 0.29) is 5.91 Å². The average Bonchev–Trinajstić information content (AvgIpc) is 2.24. The van der Waals surface area contributed by atoms with Crippen molar-refractivity contribution in [3.05, 3.63) is 34.3 Å². The lowest BCUT2D eigenvalue weighted by atomic mass is 9.74. The Labute approximate surface area is 117 Å². The molecule has 0 unspecified atom stereocenters. The number of benzene rings is 1. The van der Waals surface area contributed by atoms with Crippen LogP contribution in [-0.2, 0) is 11.3 Å². The molecular weight excluding hydrogens is 292 g/mol. The Balaban J connectivity index is 2.67. The second kappa shape index (κ2) is 5.41. The number of nitrogens with one attached hydrogen (secondary N) is 1. The highest BCUT2D eigenvalue weighted by molar-refractivity contribution is 9.10. The van der Waals surface area contributed by atoms with Gasteiger partial charge in [-0.15, -0.1) is 0 Å². The molecule has 1 aromatic rings. The first-order valence-corrected chi connectivity index (χ1v) is 6.75. The third-order valence-electron chi connectivity index (χ3n) is 3.52. The molecule has 3 nitrogen and oxygen atoms in total. The minimum absolute atomic E-state index is 0.0324. The average molecular weight is 313 g/mol. The third-order valence-corrected chi connectivity index (χ3v) is 4.01. The van der Waals surface area contributed by atoms with Crippen molar-refractivity contribution in [1.82, 2.24) is 5.32 Å². The van der Waals surface area contributed by atoms with Crippen molar-refractivity contribution < 1.29 is 4.79 Å². The van der Waals surface area contributed by atoms with Gasteiger partial charge in [-0.25, -0.2) is 0 Å². The van der Waals surface area contributed by atoms with E-state index in [1.165, 1.54) is 0 Å². The quantitative estimate of drug-likeness (QED) is 0.898. The van der Waals surface area contributed by atoms with Crippen LogP contribution in [0.1, 0.15) is 33.3 Å². The smallest absolute Gasteiger partial charge is 0.227 e. The number of nitrogens with two attached hydrogens (primary N) is 1. The number of carbonyl (C=O) groups is 1. The van der Waals surface area contributed by atoms with Crippen LogP contribution >= 0.6 is 15.9 Å². The van der Waals surface area contributed by atoms with Crippen molar-refractivity contribution in [2.45, 2.75) is 39.8 Å². The van der Waals surface area contributed by atoms with E-state index in [1.54, 1.807) is 0 Å². The van der Waals surface area contributed by atoms with Gasteiger partial charge in [-0.2, -0.15) is 0 Å². The summed E-state index contributed by atoms with van der Waals surface area (Å²) < 4.78 is 1.01. The van der Waals surface area contributed by atoms with Crippen LogP contribution in [0.4, 0.5) is 0 Å². The first kappa shape index (κ1) is 15.2. The van der Waals surface area contributed by atoms with Gasteiger partial charge in [0.25, 0.3) is 0 Å². The van der Waals surface area contributed by atoms with Gasteiger partial charge in [-0.05, 0) is 45.4 Å².